The van der Waals surface area contributed by atoms with Crippen molar-refractivity contribution in [2.45, 2.75) is 32.1 Å². The number of nitrogens with zero attached hydrogens (tertiary/aromatic N) is 1. The second-order valence-electron chi connectivity index (χ2n) is 8.21. The number of rotatable bonds is 10. The highest BCUT2D eigenvalue weighted by Crippen LogP contribution is 2.38. The number of methoxy groups -OCH3 is 3. The molecule has 0 spiro atoms. The van der Waals surface area contributed by atoms with Gasteiger partial charge >= 0.3 is 5.97 Å². The minimum atomic E-state index is -0.406. The summed E-state index contributed by atoms with van der Waals surface area (Å²) >= 11 is 0. The molecule has 7 nitrogen and oxygen atoms in total. The highest BCUT2D eigenvalue weighted by Gasteiger charge is 2.23. The Morgan fingerprint density at radius 1 is 0.909 bits per heavy atom. The van der Waals surface area contributed by atoms with E-state index in [1.807, 2.05) is 6.07 Å². The van der Waals surface area contributed by atoms with Crippen molar-refractivity contribution < 1.29 is 28.5 Å². The van der Waals surface area contributed by atoms with Crippen LogP contribution in [0.4, 0.5) is 0 Å². The summed E-state index contributed by atoms with van der Waals surface area (Å²) < 4.78 is 21.2. The molecule has 0 atom stereocenters. The fourth-order valence-electron chi connectivity index (χ4n) is 4.17. The summed E-state index contributed by atoms with van der Waals surface area (Å²) in [5.74, 6) is 1.62. The van der Waals surface area contributed by atoms with Gasteiger partial charge < -0.3 is 23.8 Å². The summed E-state index contributed by atoms with van der Waals surface area (Å²) in [7, 11) is 4.64. The smallest absolute Gasteiger partial charge is 0.306 e. The molecule has 1 aliphatic rings. The molecule has 1 fully saturated rings. The highest BCUT2D eigenvalue weighted by atomic mass is 16.5. The van der Waals surface area contributed by atoms with Gasteiger partial charge in [-0.25, -0.2) is 0 Å². The molecule has 0 N–H and O–H groups in total. The second kappa shape index (κ2) is 12.1. The first-order valence-corrected chi connectivity index (χ1v) is 11.3. The highest BCUT2D eigenvalue weighted by molar-refractivity contribution is 5.80. The maximum atomic E-state index is 12.5. The van der Waals surface area contributed by atoms with E-state index in [-0.39, 0.29) is 18.9 Å². The normalized spacial score (nSPS) is 14.0. The Bertz CT molecular complexity index is 897. The van der Waals surface area contributed by atoms with Crippen LogP contribution in [0.2, 0.25) is 0 Å². The molecule has 0 aliphatic carbocycles. The van der Waals surface area contributed by atoms with E-state index in [0.717, 1.165) is 24.8 Å². The number of aryl methyl sites for hydroxylation is 1. The van der Waals surface area contributed by atoms with Gasteiger partial charge in [0.15, 0.2) is 18.1 Å². The zero-order valence-corrected chi connectivity index (χ0v) is 19.7. The minimum Gasteiger partial charge on any atom is -0.493 e. The first-order valence-electron chi connectivity index (χ1n) is 11.3. The number of piperidine rings is 1. The maximum Gasteiger partial charge on any atom is 0.306 e. The molecule has 0 unspecified atom stereocenters. The number of carbonyl (C=O) groups excluding carboxylic acids is 2. The van der Waals surface area contributed by atoms with Crippen LogP contribution in [0.25, 0.3) is 0 Å². The van der Waals surface area contributed by atoms with E-state index in [0.29, 0.717) is 42.7 Å². The first-order chi connectivity index (χ1) is 16.0. The third-order valence-electron chi connectivity index (χ3n) is 6.03. The van der Waals surface area contributed by atoms with E-state index in [9.17, 15) is 9.59 Å². The van der Waals surface area contributed by atoms with Gasteiger partial charge in [-0.2, -0.15) is 0 Å². The van der Waals surface area contributed by atoms with Crippen molar-refractivity contribution in [3.05, 3.63) is 53.6 Å². The second-order valence-corrected chi connectivity index (χ2v) is 8.21. The van der Waals surface area contributed by atoms with Gasteiger partial charge in [0, 0.05) is 19.5 Å². The van der Waals surface area contributed by atoms with Crippen molar-refractivity contribution in [3.63, 3.8) is 0 Å². The summed E-state index contributed by atoms with van der Waals surface area (Å²) in [4.78, 5) is 26.5. The van der Waals surface area contributed by atoms with E-state index in [1.165, 1.54) is 5.56 Å². The van der Waals surface area contributed by atoms with E-state index < -0.39 is 5.97 Å². The standard InChI is InChI=1S/C26H33NO6/c1-30-22-16-21(17-23(31-2)26(22)32-3)9-10-25(29)33-18-24(28)27-13-11-20(12-14-27)15-19-7-5-4-6-8-19/h4-8,16-17,20H,9-15,18H2,1-3H3. The van der Waals surface area contributed by atoms with Crippen LogP contribution in [0.15, 0.2) is 42.5 Å². The number of carbonyl (C=O) groups is 2. The molecule has 3 rings (SSSR count). The molecule has 1 heterocycles. The lowest BCUT2D eigenvalue weighted by Gasteiger charge is -2.32. The molecule has 33 heavy (non-hydrogen) atoms. The zero-order valence-electron chi connectivity index (χ0n) is 19.7. The topological polar surface area (TPSA) is 74.3 Å². The van der Waals surface area contributed by atoms with Crippen molar-refractivity contribution in [1.82, 2.24) is 4.90 Å². The summed E-state index contributed by atoms with van der Waals surface area (Å²) in [5, 5.41) is 0. The summed E-state index contributed by atoms with van der Waals surface area (Å²) in [5.41, 5.74) is 2.19. The first kappa shape index (κ1) is 24.4. The van der Waals surface area contributed by atoms with Gasteiger partial charge in [-0.1, -0.05) is 30.3 Å². The molecule has 1 amide bonds. The third-order valence-corrected chi connectivity index (χ3v) is 6.03. The van der Waals surface area contributed by atoms with Crippen LogP contribution in [-0.4, -0.2) is 57.8 Å². The van der Waals surface area contributed by atoms with Crippen LogP contribution in [0.3, 0.4) is 0 Å². The van der Waals surface area contributed by atoms with Gasteiger partial charge in [-0.05, 0) is 54.9 Å². The van der Waals surface area contributed by atoms with Gasteiger partial charge in [0.05, 0.1) is 21.3 Å². The number of amides is 1. The van der Waals surface area contributed by atoms with E-state index in [4.69, 9.17) is 18.9 Å². The Labute approximate surface area is 195 Å². The number of likely N-dealkylation sites (tertiary alicyclic amines) is 1. The SMILES string of the molecule is COc1cc(CCC(=O)OCC(=O)N2CCC(Cc3ccccc3)CC2)cc(OC)c1OC. The monoisotopic (exact) mass is 455 g/mol. The Morgan fingerprint density at radius 3 is 2.12 bits per heavy atom. The molecule has 0 radical (unpaired) electrons. The average Bonchev–Trinajstić information content (AvgIpc) is 2.86. The average molecular weight is 456 g/mol. The van der Waals surface area contributed by atoms with Gasteiger partial charge in [0.25, 0.3) is 5.91 Å². The van der Waals surface area contributed by atoms with E-state index in [1.54, 1.807) is 38.4 Å². The van der Waals surface area contributed by atoms with Gasteiger partial charge in [-0.15, -0.1) is 0 Å². The molecule has 1 saturated heterocycles. The zero-order chi connectivity index (χ0) is 23.6. The third kappa shape index (κ3) is 6.88. The molecule has 0 aromatic heterocycles. The predicted octanol–water partition coefficient (Wildman–Crippen LogP) is 3.67. The molecule has 7 heteroatoms. The largest absolute Gasteiger partial charge is 0.493 e. The van der Waals surface area contributed by atoms with Crippen LogP contribution >= 0.6 is 0 Å². The number of benzene rings is 2. The molecule has 2 aromatic carbocycles. The van der Waals surface area contributed by atoms with Crippen LogP contribution < -0.4 is 14.2 Å². The number of hydrogen-bond acceptors (Lipinski definition) is 6. The van der Waals surface area contributed by atoms with Crippen molar-refractivity contribution in [2.75, 3.05) is 41.0 Å². The van der Waals surface area contributed by atoms with E-state index in [2.05, 4.69) is 24.3 Å². The molecular weight excluding hydrogens is 422 g/mol. The Morgan fingerprint density at radius 2 is 1.55 bits per heavy atom. The van der Waals surface area contributed by atoms with Crippen LogP contribution in [0.1, 0.15) is 30.4 Å². The fraction of sp³-hybridized carbons (Fsp3) is 0.462. The number of esters is 1. The quantitative estimate of drug-likeness (QED) is 0.509. The molecule has 0 saturated carbocycles. The van der Waals surface area contributed by atoms with Gasteiger partial charge in [0.2, 0.25) is 5.75 Å². The van der Waals surface area contributed by atoms with Crippen molar-refractivity contribution in [1.29, 1.82) is 0 Å². The lowest BCUT2D eigenvalue weighted by molar-refractivity contribution is -0.152. The van der Waals surface area contributed by atoms with Crippen LogP contribution in [0.5, 0.6) is 17.2 Å². The molecular formula is C26H33NO6. The predicted molar refractivity (Wildman–Crippen MR) is 125 cm³/mol. The van der Waals surface area contributed by atoms with Crippen molar-refractivity contribution in [3.8, 4) is 17.2 Å². The molecule has 0 bridgehead atoms. The summed E-state index contributed by atoms with van der Waals surface area (Å²) in [6, 6.07) is 14.0. The Balaban J connectivity index is 1.41. The number of ether oxygens (including phenoxy) is 4. The van der Waals surface area contributed by atoms with Gasteiger partial charge in [-0.3, -0.25) is 9.59 Å². The van der Waals surface area contributed by atoms with E-state index >= 15 is 0 Å². The fourth-order valence-corrected chi connectivity index (χ4v) is 4.17. The van der Waals surface area contributed by atoms with Gasteiger partial charge in [0.1, 0.15) is 0 Å². The van der Waals surface area contributed by atoms with Crippen molar-refractivity contribution >= 4 is 11.9 Å². The summed E-state index contributed by atoms with van der Waals surface area (Å²) in [6.07, 6.45) is 3.57. The maximum absolute atomic E-state index is 12.5. The van der Waals surface area contributed by atoms with Crippen LogP contribution in [0, 0.1) is 5.92 Å². The lowest BCUT2D eigenvalue weighted by Crippen LogP contribution is -2.41. The molecule has 2 aromatic rings. The lowest BCUT2D eigenvalue weighted by atomic mass is 9.90. The summed E-state index contributed by atoms with van der Waals surface area (Å²) in [6.45, 7) is 1.20. The minimum absolute atomic E-state index is 0.130. The Hall–Kier alpha value is -3.22. The van der Waals surface area contributed by atoms with Crippen LogP contribution in [-0.2, 0) is 27.2 Å². The van der Waals surface area contributed by atoms with Crippen molar-refractivity contribution in [2.24, 2.45) is 5.92 Å². The molecule has 1 aliphatic heterocycles. The Kier molecular flexibility index (Phi) is 8.98. The molecule has 178 valence electrons. The number of hydrogen-bond donors (Lipinski definition) is 0.